The van der Waals surface area contributed by atoms with Gasteiger partial charge in [0.25, 0.3) is 5.91 Å². The standard InChI is InChI=1S/C19H16N4O/c1-14-12-22-18(13-21-14)19(24)23-17-7-4-5-15(11-17)8-9-16-6-2-3-10-20-16/h2-13H,1H3,(H,23,24)/b9-8+. The highest BCUT2D eigenvalue weighted by Crippen LogP contribution is 2.14. The normalized spacial score (nSPS) is 10.7. The summed E-state index contributed by atoms with van der Waals surface area (Å²) in [6.07, 6.45) is 8.66. The molecule has 0 atom stereocenters. The summed E-state index contributed by atoms with van der Waals surface area (Å²) < 4.78 is 0. The Kier molecular flexibility index (Phi) is 4.72. The fourth-order valence-electron chi connectivity index (χ4n) is 2.08. The van der Waals surface area contributed by atoms with Gasteiger partial charge in [0.05, 0.1) is 17.6 Å². The van der Waals surface area contributed by atoms with Crippen LogP contribution in [0.1, 0.15) is 27.4 Å². The van der Waals surface area contributed by atoms with Gasteiger partial charge in [-0.3, -0.25) is 14.8 Å². The minimum Gasteiger partial charge on any atom is -0.321 e. The number of aromatic nitrogens is 3. The second kappa shape index (κ2) is 7.28. The summed E-state index contributed by atoms with van der Waals surface area (Å²) >= 11 is 0. The molecule has 24 heavy (non-hydrogen) atoms. The summed E-state index contributed by atoms with van der Waals surface area (Å²) in [6, 6.07) is 13.3. The predicted molar refractivity (Wildman–Crippen MR) is 94.3 cm³/mol. The molecule has 118 valence electrons. The van der Waals surface area contributed by atoms with E-state index in [1.54, 1.807) is 12.4 Å². The lowest BCUT2D eigenvalue weighted by Crippen LogP contribution is -2.14. The summed E-state index contributed by atoms with van der Waals surface area (Å²) in [5, 5.41) is 2.83. The minimum atomic E-state index is -0.284. The van der Waals surface area contributed by atoms with Gasteiger partial charge in [0.2, 0.25) is 0 Å². The van der Waals surface area contributed by atoms with Crippen LogP contribution in [0.5, 0.6) is 0 Å². The van der Waals surface area contributed by atoms with Crippen LogP contribution < -0.4 is 5.32 Å². The van der Waals surface area contributed by atoms with Crippen molar-refractivity contribution in [2.75, 3.05) is 5.32 Å². The third-order valence-corrected chi connectivity index (χ3v) is 3.29. The average molecular weight is 316 g/mol. The van der Waals surface area contributed by atoms with Crippen LogP contribution in [0.2, 0.25) is 0 Å². The van der Waals surface area contributed by atoms with E-state index in [1.165, 1.54) is 6.20 Å². The molecule has 5 heteroatoms. The lowest BCUT2D eigenvalue weighted by atomic mass is 10.1. The first-order valence-corrected chi connectivity index (χ1v) is 7.50. The van der Waals surface area contributed by atoms with Gasteiger partial charge >= 0.3 is 0 Å². The molecule has 2 aromatic heterocycles. The van der Waals surface area contributed by atoms with Crippen LogP contribution in [0.3, 0.4) is 0 Å². The van der Waals surface area contributed by atoms with Crippen molar-refractivity contribution < 1.29 is 4.79 Å². The summed E-state index contributed by atoms with van der Waals surface area (Å²) in [5.41, 5.74) is 3.60. The highest BCUT2D eigenvalue weighted by Gasteiger charge is 2.07. The number of hydrogen-bond acceptors (Lipinski definition) is 4. The van der Waals surface area contributed by atoms with Crippen molar-refractivity contribution in [3.63, 3.8) is 0 Å². The molecule has 0 radical (unpaired) electrons. The van der Waals surface area contributed by atoms with Crippen LogP contribution in [0.25, 0.3) is 12.2 Å². The van der Waals surface area contributed by atoms with E-state index in [-0.39, 0.29) is 11.6 Å². The number of hydrogen-bond donors (Lipinski definition) is 1. The number of nitrogens with zero attached hydrogens (tertiary/aromatic N) is 3. The molecule has 0 aliphatic carbocycles. The van der Waals surface area contributed by atoms with E-state index in [1.807, 2.05) is 61.5 Å². The lowest BCUT2D eigenvalue weighted by Gasteiger charge is -2.05. The fraction of sp³-hybridized carbons (Fsp3) is 0.0526. The maximum atomic E-state index is 12.2. The SMILES string of the molecule is Cc1cnc(C(=O)Nc2cccc(/C=C/c3ccccn3)c2)cn1. The molecule has 3 aromatic rings. The first-order chi connectivity index (χ1) is 11.7. The third kappa shape index (κ3) is 4.10. The Morgan fingerprint density at radius 2 is 1.92 bits per heavy atom. The molecule has 0 spiro atoms. The van der Waals surface area contributed by atoms with Gasteiger partial charge in [-0.25, -0.2) is 4.98 Å². The van der Waals surface area contributed by atoms with Crippen molar-refractivity contribution in [1.82, 2.24) is 15.0 Å². The summed E-state index contributed by atoms with van der Waals surface area (Å²) in [6.45, 7) is 1.83. The maximum absolute atomic E-state index is 12.2. The highest BCUT2D eigenvalue weighted by molar-refractivity contribution is 6.02. The maximum Gasteiger partial charge on any atom is 0.275 e. The van der Waals surface area contributed by atoms with E-state index in [2.05, 4.69) is 20.3 Å². The van der Waals surface area contributed by atoms with Crippen LogP contribution in [0, 0.1) is 6.92 Å². The Balaban J connectivity index is 1.72. The van der Waals surface area contributed by atoms with Crippen molar-refractivity contribution >= 4 is 23.7 Å². The van der Waals surface area contributed by atoms with Crippen LogP contribution in [-0.2, 0) is 0 Å². The number of carbonyl (C=O) groups is 1. The number of nitrogens with one attached hydrogen (secondary N) is 1. The van der Waals surface area contributed by atoms with Crippen LogP contribution in [0.4, 0.5) is 5.69 Å². The van der Waals surface area contributed by atoms with Crippen LogP contribution in [0.15, 0.2) is 61.1 Å². The molecular formula is C19H16N4O. The quantitative estimate of drug-likeness (QED) is 0.798. The molecular weight excluding hydrogens is 300 g/mol. The zero-order valence-corrected chi connectivity index (χ0v) is 13.2. The molecule has 0 bridgehead atoms. The van der Waals surface area contributed by atoms with E-state index < -0.39 is 0 Å². The van der Waals surface area contributed by atoms with Gasteiger partial charge in [0, 0.05) is 18.1 Å². The Morgan fingerprint density at radius 1 is 1.00 bits per heavy atom. The molecule has 2 heterocycles. The second-order valence-corrected chi connectivity index (χ2v) is 5.21. The zero-order chi connectivity index (χ0) is 16.8. The van der Waals surface area contributed by atoms with Crippen molar-refractivity contribution in [3.8, 4) is 0 Å². The zero-order valence-electron chi connectivity index (χ0n) is 13.2. The molecule has 0 unspecified atom stereocenters. The topological polar surface area (TPSA) is 67.8 Å². The largest absolute Gasteiger partial charge is 0.321 e. The molecule has 0 aliphatic heterocycles. The van der Waals surface area contributed by atoms with E-state index in [9.17, 15) is 4.79 Å². The summed E-state index contributed by atoms with van der Waals surface area (Å²) in [5.74, 6) is -0.284. The van der Waals surface area contributed by atoms with Gasteiger partial charge < -0.3 is 5.32 Å². The monoisotopic (exact) mass is 316 g/mol. The molecule has 0 saturated heterocycles. The van der Waals surface area contributed by atoms with Crippen molar-refractivity contribution in [3.05, 3.63) is 83.7 Å². The third-order valence-electron chi connectivity index (χ3n) is 3.29. The number of pyridine rings is 1. The smallest absolute Gasteiger partial charge is 0.275 e. The van der Waals surface area contributed by atoms with E-state index in [0.29, 0.717) is 5.69 Å². The van der Waals surface area contributed by atoms with Crippen molar-refractivity contribution in [1.29, 1.82) is 0 Å². The van der Waals surface area contributed by atoms with E-state index >= 15 is 0 Å². The molecule has 3 rings (SSSR count). The summed E-state index contributed by atoms with van der Waals surface area (Å²) in [4.78, 5) is 24.6. The van der Waals surface area contributed by atoms with Gasteiger partial charge in [-0.2, -0.15) is 0 Å². The molecule has 1 aromatic carbocycles. The highest BCUT2D eigenvalue weighted by atomic mass is 16.1. The number of anilines is 1. The Hall–Kier alpha value is -3.34. The first kappa shape index (κ1) is 15.6. The average Bonchev–Trinajstić information content (AvgIpc) is 2.62. The molecule has 0 saturated carbocycles. The predicted octanol–water partition coefficient (Wildman–Crippen LogP) is 3.60. The summed E-state index contributed by atoms with van der Waals surface area (Å²) in [7, 11) is 0. The second-order valence-electron chi connectivity index (χ2n) is 5.21. The number of carbonyl (C=O) groups excluding carboxylic acids is 1. The van der Waals surface area contributed by atoms with Gasteiger partial charge in [0.1, 0.15) is 5.69 Å². The Bertz CT molecular complexity index is 858. The van der Waals surface area contributed by atoms with Gasteiger partial charge in [-0.05, 0) is 42.8 Å². The fourth-order valence-corrected chi connectivity index (χ4v) is 2.08. The van der Waals surface area contributed by atoms with Gasteiger partial charge in [-0.1, -0.05) is 24.3 Å². The van der Waals surface area contributed by atoms with Crippen molar-refractivity contribution in [2.45, 2.75) is 6.92 Å². The lowest BCUT2D eigenvalue weighted by molar-refractivity contribution is 0.102. The molecule has 0 fully saturated rings. The number of amides is 1. The number of rotatable bonds is 4. The molecule has 0 aliphatic rings. The van der Waals surface area contributed by atoms with Gasteiger partial charge in [0.15, 0.2) is 0 Å². The Morgan fingerprint density at radius 3 is 2.67 bits per heavy atom. The minimum absolute atomic E-state index is 0.284. The van der Waals surface area contributed by atoms with Gasteiger partial charge in [-0.15, -0.1) is 0 Å². The van der Waals surface area contributed by atoms with E-state index in [4.69, 9.17) is 0 Å². The molecule has 5 nitrogen and oxygen atoms in total. The molecule has 1 N–H and O–H groups in total. The van der Waals surface area contributed by atoms with E-state index in [0.717, 1.165) is 17.0 Å². The Labute approximate surface area is 140 Å². The molecule has 1 amide bonds. The van der Waals surface area contributed by atoms with Crippen LogP contribution >= 0.6 is 0 Å². The van der Waals surface area contributed by atoms with Crippen molar-refractivity contribution in [2.24, 2.45) is 0 Å². The number of aryl methyl sites for hydroxylation is 1. The number of benzene rings is 1. The van der Waals surface area contributed by atoms with Crippen LogP contribution in [-0.4, -0.2) is 20.9 Å². The first-order valence-electron chi connectivity index (χ1n) is 7.50.